The highest BCUT2D eigenvalue weighted by atomic mass is 16.4. The number of aliphatic carboxylic acids is 1. The van der Waals surface area contributed by atoms with Crippen molar-refractivity contribution >= 4 is 11.8 Å². The first-order valence-corrected chi connectivity index (χ1v) is 3.23. The van der Waals surface area contributed by atoms with Crippen molar-refractivity contribution in [2.45, 2.75) is 18.9 Å². The highest BCUT2D eigenvalue weighted by Gasteiger charge is 2.23. The van der Waals surface area contributed by atoms with Crippen molar-refractivity contribution < 1.29 is 19.8 Å². The Bertz CT molecular complexity index is 229. The second kappa shape index (κ2) is 2.84. The van der Waals surface area contributed by atoms with E-state index in [1.165, 1.54) is 6.08 Å². The number of carbonyl (C=O) groups excluding carboxylic acids is 1. The zero-order valence-corrected chi connectivity index (χ0v) is 5.78. The summed E-state index contributed by atoms with van der Waals surface area (Å²) >= 11 is 0. The molecule has 1 atom stereocenters. The van der Waals surface area contributed by atoms with Gasteiger partial charge in [-0.05, 0) is 6.08 Å². The van der Waals surface area contributed by atoms with Gasteiger partial charge in [0.25, 0.3) is 0 Å². The van der Waals surface area contributed by atoms with Gasteiger partial charge in [-0.3, -0.25) is 9.59 Å². The van der Waals surface area contributed by atoms with Crippen LogP contribution in [0, 0.1) is 0 Å². The predicted octanol–water partition coefficient (Wildman–Crippen LogP) is -0.279. The average Bonchev–Trinajstić information content (AvgIpc) is 2.09. The predicted molar refractivity (Wildman–Crippen MR) is 36.0 cm³/mol. The fourth-order valence-corrected chi connectivity index (χ4v) is 1.03. The summed E-state index contributed by atoms with van der Waals surface area (Å²) in [6.45, 7) is 0. The van der Waals surface area contributed by atoms with E-state index in [0.717, 1.165) is 0 Å². The highest BCUT2D eigenvalue weighted by Crippen LogP contribution is 2.17. The molecule has 0 bridgehead atoms. The standard InChI is InChI=1S/C7H8O4/c8-5-1-4(2-7(10)11)6(9)3-5/h1,5,8H,2-3H2,(H,10,11)/t5-/m0/s1. The van der Waals surface area contributed by atoms with Gasteiger partial charge in [0.2, 0.25) is 0 Å². The topological polar surface area (TPSA) is 74.6 Å². The number of carbonyl (C=O) groups is 2. The first-order chi connectivity index (χ1) is 5.09. The van der Waals surface area contributed by atoms with Crippen LogP contribution < -0.4 is 0 Å². The Balaban J connectivity index is 2.64. The summed E-state index contributed by atoms with van der Waals surface area (Å²) in [7, 11) is 0. The first-order valence-electron chi connectivity index (χ1n) is 3.23. The van der Waals surface area contributed by atoms with Crippen molar-refractivity contribution in [3.8, 4) is 0 Å². The molecule has 0 saturated heterocycles. The molecular formula is C7H8O4. The van der Waals surface area contributed by atoms with Gasteiger partial charge < -0.3 is 10.2 Å². The van der Waals surface area contributed by atoms with Crippen molar-refractivity contribution in [1.82, 2.24) is 0 Å². The third kappa shape index (κ3) is 1.88. The minimum atomic E-state index is -1.04. The van der Waals surface area contributed by atoms with Crippen LogP contribution in [-0.2, 0) is 9.59 Å². The summed E-state index contributed by atoms with van der Waals surface area (Å²) in [5.74, 6) is -1.31. The summed E-state index contributed by atoms with van der Waals surface area (Å²) in [6, 6.07) is 0. The Labute approximate surface area is 63.1 Å². The number of aliphatic hydroxyl groups is 1. The van der Waals surface area contributed by atoms with Gasteiger partial charge in [0, 0.05) is 12.0 Å². The minimum absolute atomic E-state index is 0.0304. The van der Waals surface area contributed by atoms with Crippen LogP contribution in [0.1, 0.15) is 12.8 Å². The Morgan fingerprint density at radius 3 is 2.73 bits per heavy atom. The Morgan fingerprint density at radius 1 is 1.73 bits per heavy atom. The van der Waals surface area contributed by atoms with Crippen LogP contribution in [0.2, 0.25) is 0 Å². The number of Topliss-reactive ketones (excluding diaryl/α,β-unsaturated/α-hetero) is 1. The summed E-state index contributed by atoms with van der Waals surface area (Å²) in [6.07, 6.45) is 0.270. The molecule has 0 unspecified atom stereocenters. The Kier molecular flexibility index (Phi) is 2.05. The molecule has 1 aliphatic carbocycles. The number of ketones is 1. The molecule has 0 heterocycles. The molecule has 1 aliphatic rings. The zero-order chi connectivity index (χ0) is 8.43. The molecule has 2 N–H and O–H groups in total. The SMILES string of the molecule is O=C(O)CC1=C[C@H](O)CC1=O. The normalized spacial score (nSPS) is 23.5. The van der Waals surface area contributed by atoms with Crippen LogP contribution in [0.4, 0.5) is 0 Å². The van der Waals surface area contributed by atoms with Crippen LogP contribution in [0.25, 0.3) is 0 Å². The van der Waals surface area contributed by atoms with Gasteiger partial charge in [0.15, 0.2) is 5.78 Å². The molecule has 60 valence electrons. The molecule has 0 radical (unpaired) electrons. The Morgan fingerprint density at radius 2 is 2.36 bits per heavy atom. The molecule has 0 aliphatic heterocycles. The van der Waals surface area contributed by atoms with Gasteiger partial charge in [-0.25, -0.2) is 0 Å². The lowest BCUT2D eigenvalue weighted by molar-refractivity contribution is -0.136. The van der Waals surface area contributed by atoms with Crippen molar-refractivity contribution in [2.75, 3.05) is 0 Å². The van der Waals surface area contributed by atoms with Crippen LogP contribution in [0.5, 0.6) is 0 Å². The quantitative estimate of drug-likeness (QED) is 0.576. The molecule has 11 heavy (non-hydrogen) atoms. The summed E-state index contributed by atoms with van der Waals surface area (Å²) in [4.78, 5) is 21.0. The summed E-state index contributed by atoms with van der Waals surface area (Å²) in [5, 5.41) is 17.2. The summed E-state index contributed by atoms with van der Waals surface area (Å²) in [5.41, 5.74) is 0.213. The lowest BCUT2D eigenvalue weighted by Crippen LogP contribution is -2.04. The smallest absolute Gasteiger partial charge is 0.307 e. The molecule has 0 saturated carbocycles. The molecule has 0 aromatic carbocycles. The van der Waals surface area contributed by atoms with Crippen LogP contribution >= 0.6 is 0 Å². The fourth-order valence-electron chi connectivity index (χ4n) is 1.03. The van der Waals surface area contributed by atoms with E-state index in [0.29, 0.717) is 0 Å². The van der Waals surface area contributed by atoms with E-state index >= 15 is 0 Å². The van der Waals surface area contributed by atoms with Crippen LogP contribution in [0.3, 0.4) is 0 Å². The molecule has 4 heteroatoms. The van der Waals surface area contributed by atoms with Gasteiger partial charge in [-0.15, -0.1) is 0 Å². The second-order valence-electron chi connectivity index (χ2n) is 2.46. The highest BCUT2D eigenvalue weighted by molar-refractivity contribution is 6.01. The number of carboxylic acids is 1. The first kappa shape index (κ1) is 7.94. The summed E-state index contributed by atoms with van der Waals surface area (Å²) < 4.78 is 0. The van der Waals surface area contributed by atoms with E-state index in [1.54, 1.807) is 0 Å². The molecule has 0 aromatic rings. The van der Waals surface area contributed by atoms with Gasteiger partial charge in [-0.2, -0.15) is 0 Å². The fraction of sp³-hybridized carbons (Fsp3) is 0.429. The lowest BCUT2D eigenvalue weighted by Gasteiger charge is -1.92. The molecule has 0 spiro atoms. The third-order valence-corrected chi connectivity index (χ3v) is 1.49. The van der Waals surface area contributed by atoms with Crippen molar-refractivity contribution in [3.63, 3.8) is 0 Å². The van der Waals surface area contributed by atoms with E-state index in [1.807, 2.05) is 0 Å². The van der Waals surface area contributed by atoms with Crippen LogP contribution in [-0.4, -0.2) is 28.1 Å². The second-order valence-corrected chi connectivity index (χ2v) is 2.46. The van der Waals surface area contributed by atoms with E-state index in [4.69, 9.17) is 10.2 Å². The van der Waals surface area contributed by atoms with Gasteiger partial charge >= 0.3 is 5.97 Å². The third-order valence-electron chi connectivity index (χ3n) is 1.49. The lowest BCUT2D eigenvalue weighted by atomic mass is 10.1. The number of carboxylic acid groups (broad SMARTS) is 1. The maximum absolute atomic E-state index is 10.8. The molecule has 4 nitrogen and oxygen atoms in total. The molecule has 0 fully saturated rings. The van der Waals surface area contributed by atoms with Gasteiger partial charge in [0.1, 0.15) is 0 Å². The van der Waals surface area contributed by atoms with E-state index in [9.17, 15) is 9.59 Å². The molecule has 1 rings (SSSR count). The monoisotopic (exact) mass is 156 g/mol. The van der Waals surface area contributed by atoms with E-state index in [2.05, 4.69) is 0 Å². The van der Waals surface area contributed by atoms with Crippen molar-refractivity contribution in [1.29, 1.82) is 0 Å². The van der Waals surface area contributed by atoms with Crippen LogP contribution in [0.15, 0.2) is 11.6 Å². The number of aliphatic hydroxyl groups excluding tert-OH is 1. The average molecular weight is 156 g/mol. The largest absolute Gasteiger partial charge is 0.481 e. The molecule has 0 amide bonds. The number of hydrogen-bond donors (Lipinski definition) is 2. The van der Waals surface area contributed by atoms with Crippen molar-refractivity contribution in [2.24, 2.45) is 0 Å². The maximum atomic E-state index is 10.8. The minimum Gasteiger partial charge on any atom is -0.481 e. The van der Waals surface area contributed by atoms with Gasteiger partial charge in [-0.1, -0.05) is 0 Å². The van der Waals surface area contributed by atoms with E-state index in [-0.39, 0.29) is 24.2 Å². The molecular weight excluding hydrogens is 148 g/mol. The van der Waals surface area contributed by atoms with Gasteiger partial charge in [0.05, 0.1) is 12.5 Å². The Hall–Kier alpha value is -1.16. The number of rotatable bonds is 2. The van der Waals surface area contributed by atoms with Crippen molar-refractivity contribution in [3.05, 3.63) is 11.6 Å². The van der Waals surface area contributed by atoms with E-state index < -0.39 is 12.1 Å². The maximum Gasteiger partial charge on any atom is 0.307 e. The zero-order valence-electron chi connectivity index (χ0n) is 5.78. The molecule has 0 aromatic heterocycles. The number of hydrogen-bond acceptors (Lipinski definition) is 3.